The van der Waals surface area contributed by atoms with Crippen LogP contribution in [0.25, 0.3) is 0 Å². The molecule has 0 spiro atoms. The van der Waals surface area contributed by atoms with Crippen LogP contribution < -0.4 is 5.43 Å². The van der Waals surface area contributed by atoms with Crippen LogP contribution in [0.2, 0.25) is 0 Å². The normalized spacial score (nSPS) is 24.5. The molecule has 1 aliphatic rings. The fourth-order valence-corrected chi connectivity index (χ4v) is 1.75. The molecule has 1 N–H and O–H groups in total. The Morgan fingerprint density at radius 2 is 1.26 bits per heavy atom. The first kappa shape index (κ1) is 20.0. The Balaban J connectivity index is 3.39. The first-order valence-corrected chi connectivity index (χ1v) is 5.92. The first-order valence-electron chi connectivity index (χ1n) is 5.48. The standard InChI is InChI=1S/C9H6ClF11N2/c1-2-3(10)4(23-22-2)5(11,12)6(13,14)7(15,16)8(17,18)9(19,20)21/h2-3,22H,1H3/t2-,3-/m1/s1. The zero-order valence-corrected chi connectivity index (χ0v) is 11.4. The van der Waals surface area contributed by atoms with Gasteiger partial charge in [-0.1, -0.05) is 0 Å². The van der Waals surface area contributed by atoms with Crippen molar-refractivity contribution in [1.82, 2.24) is 5.43 Å². The topological polar surface area (TPSA) is 24.4 Å². The number of nitrogens with one attached hydrogen (secondary N) is 1. The number of rotatable bonds is 4. The third kappa shape index (κ3) is 2.60. The molecule has 0 aliphatic carbocycles. The lowest BCUT2D eigenvalue weighted by Gasteiger charge is -2.37. The van der Waals surface area contributed by atoms with E-state index in [9.17, 15) is 48.3 Å². The molecule has 2 atom stereocenters. The summed E-state index contributed by atoms with van der Waals surface area (Å²) in [4.78, 5) is 0. The largest absolute Gasteiger partial charge is 0.460 e. The number of hydrogen-bond donors (Lipinski definition) is 1. The van der Waals surface area contributed by atoms with Crippen LogP contribution in [0.1, 0.15) is 6.92 Å². The smallest absolute Gasteiger partial charge is 0.305 e. The van der Waals surface area contributed by atoms with Crippen LogP contribution in [0.5, 0.6) is 0 Å². The van der Waals surface area contributed by atoms with Crippen molar-refractivity contribution in [1.29, 1.82) is 0 Å². The molecule has 0 amide bonds. The molecule has 0 radical (unpaired) electrons. The highest BCUT2D eigenvalue weighted by atomic mass is 35.5. The Morgan fingerprint density at radius 3 is 1.57 bits per heavy atom. The number of halogens is 12. The van der Waals surface area contributed by atoms with Gasteiger partial charge in [0.05, 0.1) is 6.04 Å². The van der Waals surface area contributed by atoms with Crippen LogP contribution in [-0.4, -0.2) is 47.0 Å². The molecular weight excluding hydrogens is 381 g/mol. The van der Waals surface area contributed by atoms with Gasteiger partial charge < -0.3 is 5.43 Å². The van der Waals surface area contributed by atoms with Gasteiger partial charge in [0, 0.05) is 0 Å². The van der Waals surface area contributed by atoms with Crippen LogP contribution in [0.3, 0.4) is 0 Å². The lowest BCUT2D eigenvalue weighted by Crippen LogP contribution is -2.68. The van der Waals surface area contributed by atoms with Gasteiger partial charge in [0.1, 0.15) is 11.1 Å². The zero-order chi connectivity index (χ0) is 18.6. The molecule has 2 nitrogen and oxygen atoms in total. The maximum atomic E-state index is 13.6. The van der Waals surface area contributed by atoms with E-state index in [0.717, 1.165) is 6.92 Å². The molecule has 0 aromatic rings. The fraction of sp³-hybridized carbons (Fsp3) is 0.889. The van der Waals surface area contributed by atoms with Crippen LogP contribution in [-0.2, 0) is 0 Å². The predicted molar refractivity (Wildman–Crippen MR) is 55.5 cm³/mol. The third-order valence-electron chi connectivity index (χ3n) is 2.95. The van der Waals surface area contributed by atoms with E-state index in [4.69, 9.17) is 11.6 Å². The minimum absolute atomic E-state index is 1.00. The van der Waals surface area contributed by atoms with Crippen molar-refractivity contribution in [2.24, 2.45) is 5.10 Å². The summed E-state index contributed by atoms with van der Waals surface area (Å²) in [6, 6.07) is -1.27. The highest BCUT2D eigenvalue weighted by Crippen LogP contribution is 2.58. The monoisotopic (exact) mass is 386 g/mol. The summed E-state index contributed by atoms with van der Waals surface area (Å²) in [6.45, 7) is 1.00. The highest BCUT2D eigenvalue weighted by Gasteiger charge is 2.88. The minimum Gasteiger partial charge on any atom is -0.305 e. The van der Waals surface area contributed by atoms with Crippen molar-refractivity contribution in [3.8, 4) is 0 Å². The average Bonchev–Trinajstić information content (AvgIpc) is 2.68. The third-order valence-corrected chi connectivity index (χ3v) is 3.53. The van der Waals surface area contributed by atoms with Gasteiger partial charge in [-0.15, -0.1) is 11.6 Å². The van der Waals surface area contributed by atoms with Gasteiger partial charge in [0.2, 0.25) is 0 Å². The molecule has 1 rings (SSSR count). The minimum atomic E-state index is -7.47. The van der Waals surface area contributed by atoms with Gasteiger partial charge in [-0.05, 0) is 6.92 Å². The van der Waals surface area contributed by atoms with E-state index in [0.29, 0.717) is 0 Å². The van der Waals surface area contributed by atoms with E-state index in [1.54, 1.807) is 5.43 Å². The Labute approximate surface area is 125 Å². The molecular formula is C9H6ClF11N2. The summed E-state index contributed by atoms with van der Waals surface area (Å²) in [5.74, 6) is -28.2. The fourth-order valence-electron chi connectivity index (χ4n) is 1.51. The van der Waals surface area contributed by atoms with Gasteiger partial charge >= 0.3 is 29.9 Å². The Kier molecular flexibility index (Phi) is 4.57. The van der Waals surface area contributed by atoms with Crippen molar-refractivity contribution in [2.45, 2.75) is 48.2 Å². The second-order valence-electron chi connectivity index (χ2n) is 4.61. The van der Waals surface area contributed by atoms with Crippen molar-refractivity contribution in [3.05, 3.63) is 0 Å². The Bertz CT molecular complexity index is 498. The summed E-state index contributed by atoms with van der Waals surface area (Å²) in [5.41, 5.74) is -0.466. The second kappa shape index (κ2) is 5.24. The summed E-state index contributed by atoms with van der Waals surface area (Å²) >= 11 is 5.21. The zero-order valence-electron chi connectivity index (χ0n) is 10.6. The molecule has 0 saturated carbocycles. The lowest BCUT2D eigenvalue weighted by molar-refractivity contribution is -0.414. The lowest BCUT2D eigenvalue weighted by atomic mass is 9.93. The van der Waals surface area contributed by atoms with Crippen LogP contribution in [0.4, 0.5) is 48.3 Å². The summed E-state index contributed by atoms with van der Waals surface area (Å²) in [5, 5.41) is 0.406. The summed E-state index contributed by atoms with van der Waals surface area (Å²) in [6.07, 6.45) is -7.20. The summed E-state index contributed by atoms with van der Waals surface area (Å²) in [7, 11) is 0. The van der Waals surface area contributed by atoms with E-state index in [1.165, 1.54) is 0 Å². The van der Waals surface area contributed by atoms with Gasteiger partial charge in [-0.25, -0.2) is 0 Å². The van der Waals surface area contributed by atoms with Crippen molar-refractivity contribution < 1.29 is 48.3 Å². The first-order chi connectivity index (χ1) is 9.93. The molecule has 23 heavy (non-hydrogen) atoms. The van der Waals surface area contributed by atoms with Gasteiger partial charge in [0.15, 0.2) is 0 Å². The van der Waals surface area contributed by atoms with Gasteiger partial charge in [-0.3, -0.25) is 0 Å². The number of alkyl halides is 12. The number of hydrogen-bond acceptors (Lipinski definition) is 2. The molecule has 0 aromatic carbocycles. The van der Waals surface area contributed by atoms with Gasteiger partial charge in [0.25, 0.3) is 0 Å². The molecule has 136 valence electrons. The predicted octanol–water partition coefficient (Wildman–Crippen LogP) is 4.05. The van der Waals surface area contributed by atoms with Crippen LogP contribution in [0, 0.1) is 0 Å². The van der Waals surface area contributed by atoms with E-state index < -0.39 is 47.0 Å². The van der Waals surface area contributed by atoms with Crippen molar-refractivity contribution >= 4 is 17.3 Å². The molecule has 1 heterocycles. The summed E-state index contributed by atoms with van der Waals surface area (Å²) < 4.78 is 141. The SMILES string of the molecule is C[C@H]1NN=C(C(F)(F)C(F)(F)C(F)(F)C(F)(F)C(F)(F)F)[C@@H]1Cl. The Morgan fingerprint density at radius 1 is 0.826 bits per heavy atom. The molecule has 14 heteroatoms. The molecule has 0 saturated heterocycles. The molecule has 1 aliphatic heterocycles. The van der Waals surface area contributed by atoms with E-state index in [1.807, 2.05) is 0 Å². The molecule has 0 bridgehead atoms. The second-order valence-corrected chi connectivity index (χ2v) is 5.08. The number of hydrazone groups is 1. The highest BCUT2D eigenvalue weighted by molar-refractivity contribution is 6.34. The van der Waals surface area contributed by atoms with Gasteiger partial charge in [-0.2, -0.15) is 53.4 Å². The maximum Gasteiger partial charge on any atom is 0.460 e. The van der Waals surface area contributed by atoms with Crippen molar-refractivity contribution in [3.63, 3.8) is 0 Å². The maximum absolute atomic E-state index is 13.6. The van der Waals surface area contributed by atoms with E-state index >= 15 is 0 Å². The molecule has 0 unspecified atom stereocenters. The van der Waals surface area contributed by atoms with Crippen LogP contribution in [0.15, 0.2) is 5.10 Å². The van der Waals surface area contributed by atoms with Crippen LogP contribution >= 0.6 is 11.6 Å². The van der Waals surface area contributed by atoms with E-state index in [2.05, 4.69) is 5.10 Å². The van der Waals surface area contributed by atoms with E-state index in [-0.39, 0.29) is 0 Å². The van der Waals surface area contributed by atoms with Crippen molar-refractivity contribution in [2.75, 3.05) is 0 Å². The molecule has 0 aromatic heterocycles. The molecule has 0 fully saturated rings. The Hall–Kier alpha value is -1.01. The quantitative estimate of drug-likeness (QED) is 0.572. The average molecular weight is 387 g/mol. The number of nitrogens with zero attached hydrogens (tertiary/aromatic N) is 1.